The highest BCUT2D eigenvalue weighted by Gasteiger charge is 2.23. The molecule has 0 bridgehead atoms. The predicted molar refractivity (Wildman–Crippen MR) is 92.3 cm³/mol. The molecule has 0 aliphatic carbocycles. The Morgan fingerprint density at radius 1 is 1.35 bits per heavy atom. The lowest BCUT2D eigenvalue weighted by Crippen LogP contribution is -2.46. The van der Waals surface area contributed by atoms with Gasteiger partial charge < -0.3 is 5.32 Å². The Kier molecular flexibility index (Phi) is 6.02. The number of carbonyl (C=O) groups is 1. The number of halogens is 1. The molecule has 2 N–H and O–H groups in total. The maximum Gasteiger partial charge on any atom is 0.238 e. The number of nitrogens with zero attached hydrogens (tertiary/aromatic N) is 1. The number of nitrogens with one attached hydrogen (secondary N) is 2. The quantitative estimate of drug-likeness (QED) is 0.837. The lowest BCUT2D eigenvalue weighted by Gasteiger charge is -2.31. The second-order valence-electron chi connectivity index (χ2n) is 5.97. The molecule has 8 heteroatoms. The third-order valence-corrected chi connectivity index (χ3v) is 4.81. The van der Waals surface area contributed by atoms with Gasteiger partial charge in [-0.05, 0) is 37.5 Å². The fourth-order valence-corrected chi connectivity index (χ4v) is 3.75. The third kappa shape index (κ3) is 6.10. The summed E-state index contributed by atoms with van der Waals surface area (Å²) in [5.41, 5.74) is 1.64. The average molecular weight is 360 g/mol. The fourth-order valence-electron chi connectivity index (χ4n) is 2.63. The second-order valence-corrected chi connectivity index (χ2v) is 8.16. The minimum absolute atomic E-state index is 0.0455. The van der Waals surface area contributed by atoms with E-state index in [2.05, 4.69) is 10.0 Å². The number of hydrogen-bond donors (Lipinski definition) is 2. The van der Waals surface area contributed by atoms with Crippen LogP contribution in [0.25, 0.3) is 0 Å². The molecule has 128 valence electrons. The van der Waals surface area contributed by atoms with Crippen LogP contribution in [0.2, 0.25) is 5.02 Å². The van der Waals surface area contributed by atoms with Crippen molar-refractivity contribution in [3.63, 3.8) is 0 Å². The fraction of sp³-hybridized carbons (Fsp3) is 0.533. The van der Waals surface area contributed by atoms with E-state index in [-0.39, 0.29) is 18.5 Å². The van der Waals surface area contributed by atoms with E-state index in [0.717, 1.165) is 11.8 Å². The molecular formula is C15H22ClN3O3S. The summed E-state index contributed by atoms with van der Waals surface area (Å²) in [5.74, 6) is -0.120. The molecule has 0 aromatic heterocycles. The summed E-state index contributed by atoms with van der Waals surface area (Å²) in [7, 11) is -3.18. The van der Waals surface area contributed by atoms with Crippen molar-refractivity contribution in [1.82, 2.24) is 9.62 Å². The Labute approximate surface area is 142 Å². The lowest BCUT2D eigenvalue weighted by atomic mass is 10.1. The maximum absolute atomic E-state index is 12.1. The number of amides is 1. The van der Waals surface area contributed by atoms with Crippen LogP contribution in [0, 0.1) is 6.92 Å². The largest absolute Gasteiger partial charge is 0.324 e. The van der Waals surface area contributed by atoms with Gasteiger partial charge in [0.2, 0.25) is 15.9 Å². The minimum atomic E-state index is -3.18. The van der Waals surface area contributed by atoms with Crippen molar-refractivity contribution in [1.29, 1.82) is 0 Å². The summed E-state index contributed by atoms with van der Waals surface area (Å²) in [4.78, 5) is 14.1. The Hall–Kier alpha value is -1.15. The molecule has 0 spiro atoms. The van der Waals surface area contributed by atoms with Gasteiger partial charge in [0.25, 0.3) is 0 Å². The molecule has 0 unspecified atom stereocenters. The first kappa shape index (κ1) is 18.2. The number of anilines is 1. The van der Waals surface area contributed by atoms with Crippen LogP contribution in [0.5, 0.6) is 0 Å². The van der Waals surface area contributed by atoms with Crippen LogP contribution in [0.4, 0.5) is 5.69 Å². The van der Waals surface area contributed by atoms with E-state index in [0.29, 0.717) is 36.6 Å². The smallest absolute Gasteiger partial charge is 0.238 e. The summed E-state index contributed by atoms with van der Waals surface area (Å²) in [6.07, 6.45) is 2.56. The molecule has 1 aliphatic heterocycles. The molecule has 1 aromatic rings. The van der Waals surface area contributed by atoms with Crippen molar-refractivity contribution in [2.45, 2.75) is 25.8 Å². The number of rotatable bonds is 5. The Morgan fingerprint density at radius 3 is 2.57 bits per heavy atom. The minimum Gasteiger partial charge on any atom is -0.324 e. The maximum atomic E-state index is 12.1. The number of hydrogen-bond acceptors (Lipinski definition) is 4. The van der Waals surface area contributed by atoms with Gasteiger partial charge in [-0.3, -0.25) is 9.69 Å². The molecule has 1 heterocycles. The van der Waals surface area contributed by atoms with Crippen LogP contribution < -0.4 is 10.0 Å². The number of benzene rings is 1. The van der Waals surface area contributed by atoms with Gasteiger partial charge in [-0.2, -0.15) is 0 Å². The molecule has 0 radical (unpaired) electrons. The van der Waals surface area contributed by atoms with E-state index in [4.69, 9.17) is 11.6 Å². The zero-order chi connectivity index (χ0) is 17.0. The van der Waals surface area contributed by atoms with Gasteiger partial charge in [0.1, 0.15) is 0 Å². The van der Waals surface area contributed by atoms with Crippen LogP contribution in [0.1, 0.15) is 18.4 Å². The summed E-state index contributed by atoms with van der Waals surface area (Å²) < 4.78 is 25.0. The van der Waals surface area contributed by atoms with Crippen molar-refractivity contribution >= 4 is 33.2 Å². The first-order valence-electron chi connectivity index (χ1n) is 7.48. The van der Waals surface area contributed by atoms with Crippen molar-refractivity contribution < 1.29 is 13.2 Å². The molecule has 1 saturated heterocycles. The normalized spacial score (nSPS) is 17.2. The van der Waals surface area contributed by atoms with Crippen LogP contribution >= 0.6 is 11.6 Å². The van der Waals surface area contributed by atoms with E-state index in [9.17, 15) is 13.2 Å². The van der Waals surface area contributed by atoms with Gasteiger partial charge in [-0.15, -0.1) is 0 Å². The van der Waals surface area contributed by atoms with Crippen molar-refractivity contribution in [3.05, 3.63) is 28.8 Å². The summed E-state index contributed by atoms with van der Waals surface area (Å²) in [6.45, 7) is 3.58. The monoisotopic (exact) mass is 359 g/mol. The van der Waals surface area contributed by atoms with Gasteiger partial charge in [0.15, 0.2) is 0 Å². The van der Waals surface area contributed by atoms with Crippen molar-refractivity contribution in [3.8, 4) is 0 Å². The molecule has 1 aliphatic rings. The van der Waals surface area contributed by atoms with Crippen molar-refractivity contribution in [2.75, 3.05) is 31.2 Å². The molecule has 1 fully saturated rings. The summed E-state index contributed by atoms with van der Waals surface area (Å²) in [6, 6.07) is 5.44. The molecule has 1 aromatic carbocycles. The van der Waals surface area contributed by atoms with E-state index < -0.39 is 10.0 Å². The number of piperidine rings is 1. The van der Waals surface area contributed by atoms with Gasteiger partial charge in [0, 0.05) is 19.1 Å². The Balaban J connectivity index is 1.81. The van der Waals surface area contributed by atoms with Crippen LogP contribution in [-0.2, 0) is 14.8 Å². The zero-order valence-electron chi connectivity index (χ0n) is 13.3. The van der Waals surface area contributed by atoms with E-state index in [1.54, 1.807) is 12.1 Å². The molecule has 0 saturated carbocycles. The number of aryl methyl sites for hydroxylation is 1. The second kappa shape index (κ2) is 7.61. The van der Waals surface area contributed by atoms with Gasteiger partial charge >= 0.3 is 0 Å². The SMILES string of the molecule is Cc1ccc(NC(=O)CN2CCC(NS(C)(=O)=O)CC2)c(Cl)c1. The van der Waals surface area contributed by atoms with Gasteiger partial charge in [0.05, 0.1) is 23.5 Å². The lowest BCUT2D eigenvalue weighted by molar-refractivity contribution is -0.117. The Morgan fingerprint density at radius 2 is 2.00 bits per heavy atom. The van der Waals surface area contributed by atoms with Crippen LogP contribution in [0.15, 0.2) is 18.2 Å². The summed E-state index contributed by atoms with van der Waals surface area (Å²) in [5, 5.41) is 3.33. The van der Waals surface area contributed by atoms with Crippen molar-refractivity contribution in [2.24, 2.45) is 0 Å². The number of carbonyl (C=O) groups excluding carboxylic acids is 1. The molecule has 0 atom stereocenters. The molecule has 2 rings (SSSR count). The van der Waals surface area contributed by atoms with Crippen LogP contribution in [0.3, 0.4) is 0 Å². The number of likely N-dealkylation sites (tertiary alicyclic amines) is 1. The van der Waals surface area contributed by atoms with E-state index >= 15 is 0 Å². The average Bonchev–Trinajstić information content (AvgIpc) is 2.42. The van der Waals surface area contributed by atoms with Gasteiger partial charge in [-0.1, -0.05) is 17.7 Å². The molecule has 23 heavy (non-hydrogen) atoms. The standard InChI is InChI=1S/C15H22ClN3O3S/c1-11-3-4-14(13(16)9-11)17-15(20)10-19-7-5-12(6-8-19)18-23(2,21)22/h3-4,9,12,18H,5-8,10H2,1-2H3,(H,17,20). The van der Waals surface area contributed by atoms with E-state index in [1.807, 2.05) is 17.9 Å². The van der Waals surface area contributed by atoms with Gasteiger partial charge in [-0.25, -0.2) is 13.1 Å². The Bertz CT molecular complexity index is 671. The first-order valence-corrected chi connectivity index (χ1v) is 9.75. The highest BCUT2D eigenvalue weighted by Crippen LogP contribution is 2.22. The van der Waals surface area contributed by atoms with E-state index in [1.165, 1.54) is 0 Å². The van der Waals surface area contributed by atoms with Crippen LogP contribution in [-0.4, -0.2) is 51.2 Å². The zero-order valence-corrected chi connectivity index (χ0v) is 14.9. The predicted octanol–water partition coefficient (Wildman–Crippen LogP) is 1.60. The highest BCUT2D eigenvalue weighted by atomic mass is 35.5. The first-order chi connectivity index (χ1) is 10.7. The number of sulfonamides is 1. The molecular weight excluding hydrogens is 338 g/mol. The topological polar surface area (TPSA) is 78.5 Å². The highest BCUT2D eigenvalue weighted by molar-refractivity contribution is 7.88. The molecule has 6 nitrogen and oxygen atoms in total. The third-order valence-electron chi connectivity index (χ3n) is 3.73. The molecule has 1 amide bonds. The summed E-state index contributed by atoms with van der Waals surface area (Å²) >= 11 is 6.10.